The van der Waals surface area contributed by atoms with Crippen LogP contribution in [0.2, 0.25) is 0 Å². The molecule has 1 atom stereocenters. The molecule has 2 heterocycles. The Labute approximate surface area is 145 Å². The molecule has 1 aliphatic heterocycles. The summed E-state index contributed by atoms with van der Waals surface area (Å²) < 4.78 is 11.1. The van der Waals surface area contributed by atoms with Crippen LogP contribution in [0, 0.1) is 0 Å². The van der Waals surface area contributed by atoms with Gasteiger partial charge in [-0.2, -0.15) is 0 Å². The first kappa shape index (κ1) is 15.6. The number of carbonyl (C=O) groups is 1. The summed E-state index contributed by atoms with van der Waals surface area (Å²) in [7, 11) is 0. The van der Waals surface area contributed by atoms with Gasteiger partial charge in [0, 0.05) is 12.1 Å². The maximum atomic E-state index is 13.0. The molecule has 1 fully saturated rings. The first-order valence-corrected chi connectivity index (χ1v) is 8.27. The molecule has 3 aromatic rings. The second-order valence-electron chi connectivity index (χ2n) is 5.90. The van der Waals surface area contributed by atoms with E-state index < -0.39 is 0 Å². The van der Waals surface area contributed by atoms with Crippen molar-refractivity contribution in [1.29, 1.82) is 0 Å². The zero-order valence-corrected chi connectivity index (χ0v) is 13.7. The predicted octanol–water partition coefficient (Wildman–Crippen LogP) is 3.56. The summed E-state index contributed by atoms with van der Waals surface area (Å²) in [6.45, 7) is 1.55. The lowest BCUT2D eigenvalue weighted by molar-refractivity contribution is -0.00300. The molecule has 1 amide bonds. The van der Waals surface area contributed by atoms with E-state index in [2.05, 4.69) is 4.98 Å². The lowest BCUT2D eigenvalue weighted by Gasteiger charge is -2.35. The third-order valence-electron chi connectivity index (χ3n) is 4.32. The molecule has 1 aliphatic rings. The standard InChI is InChI=1S/C20H18N2O3/c23-20(17-13-25-19(21-17)16-9-5-2-6-10-16)22-11-12-24-14-18(22)15-7-3-1-4-8-15/h1-10,13,18H,11-12,14H2/t18-/m0/s1. The maximum absolute atomic E-state index is 13.0. The lowest BCUT2D eigenvalue weighted by atomic mass is 10.0. The highest BCUT2D eigenvalue weighted by atomic mass is 16.5. The minimum Gasteiger partial charge on any atom is -0.444 e. The van der Waals surface area contributed by atoms with E-state index in [1.807, 2.05) is 65.6 Å². The first-order valence-electron chi connectivity index (χ1n) is 8.27. The second-order valence-corrected chi connectivity index (χ2v) is 5.90. The minimum absolute atomic E-state index is 0.112. The number of oxazole rings is 1. The third-order valence-corrected chi connectivity index (χ3v) is 4.32. The number of hydrogen-bond acceptors (Lipinski definition) is 4. The van der Waals surface area contributed by atoms with Crippen LogP contribution in [0.15, 0.2) is 71.3 Å². The quantitative estimate of drug-likeness (QED) is 0.735. The van der Waals surface area contributed by atoms with Gasteiger partial charge >= 0.3 is 0 Å². The summed E-state index contributed by atoms with van der Waals surface area (Å²) in [4.78, 5) is 19.2. The first-order chi connectivity index (χ1) is 12.3. The van der Waals surface area contributed by atoms with E-state index in [0.29, 0.717) is 31.3 Å². The molecule has 0 N–H and O–H groups in total. The largest absolute Gasteiger partial charge is 0.444 e. The Balaban J connectivity index is 1.60. The van der Waals surface area contributed by atoms with E-state index in [4.69, 9.17) is 9.15 Å². The Hall–Kier alpha value is -2.92. The van der Waals surface area contributed by atoms with Crippen molar-refractivity contribution in [2.75, 3.05) is 19.8 Å². The van der Waals surface area contributed by atoms with Crippen LogP contribution < -0.4 is 0 Å². The van der Waals surface area contributed by atoms with Crippen molar-refractivity contribution in [2.45, 2.75) is 6.04 Å². The van der Waals surface area contributed by atoms with Crippen LogP contribution >= 0.6 is 0 Å². The fourth-order valence-electron chi connectivity index (χ4n) is 3.03. The fourth-order valence-corrected chi connectivity index (χ4v) is 3.03. The van der Waals surface area contributed by atoms with Crippen molar-refractivity contribution in [3.8, 4) is 11.5 Å². The van der Waals surface area contributed by atoms with E-state index in [-0.39, 0.29) is 11.9 Å². The number of aromatic nitrogens is 1. The predicted molar refractivity (Wildman–Crippen MR) is 93.0 cm³/mol. The fraction of sp³-hybridized carbons (Fsp3) is 0.200. The highest BCUT2D eigenvalue weighted by Crippen LogP contribution is 2.26. The van der Waals surface area contributed by atoms with Gasteiger partial charge in [-0.05, 0) is 17.7 Å². The molecule has 0 spiro atoms. The summed E-state index contributed by atoms with van der Waals surface area (Å²) in [5.74, 6) is 0.316. The zero-order valence-electron chi connectivity index (χ0n) is 13.7. The summed E-state index contributed by atoms with van der Waals surface area (Å²) in [6, 6.07) is 19.4. The second kappa shape index (κ2) is 6.91. The molecule has 0 saturated carbocycles. The highest BCUT2D eigenvalue weighted by molar-refractivity contribution is 5.92. The number of amides is 1. The number of hydrogen-bond donors (Lipinski definition) is 0. The van der Waals surface area contributed by atoms with Crippen LogP contribution in [0.3, 0.4) is 0 Å². The van der Waals surface area contributed by atoms with E-state index in [1.54, 1.807) is 0 Å². The molecule has 2 aromatic carbocycles. The molecule has 126 valence electrons. The Kier molecular flexibility index (Phi) is 4.31. The number of ether oxygens (including phenoxy) is 1. The van der Waals surface area contributed by atoms with Crippen LogP contribution in [0.4, 0.5) is 0 Å². The SMILES string of the molecule is O=C(c1coc(-c2ccccc2)n1)N1CCOC[C@H]1c1ccccc1. The molecular formula is C20H18N2O3. The normalized spacial score (nSPS) is 17.4. The van der Waals surface area contributed by atoms with E-state index in [9.17, 15) is 4.79 Å². The van der Waals surface area contributed by atoms with E-state index >= 15 is 0 Å². The van der Waals surface area contributed by atoms with Gasteiger partial charge in [0.1, 0.15) is 6.26 Å². The van der Waals surface area contributed by atoms with Gasteiger partial charge in [-0.25, -0.2) is 4.98 Å². The molecule has 0 aliphatic carbocycles. The Morgan fingerprint density at radius 2 is 1.76 bits per heavy atom. The maximum Gasteiger partial charge on any atom is 0.276 e. The van der Waals surface area contributed by atoms with E-state index in [1.165, 1.54) is 6.26 Å². The number of nitrogens with zero attached hydrogens (tertiary/aromatic N) is 2. The molecule has 5 heteroatoms. The van der Waals surface area contributed by atoms with Crippen molar-refractivity contribution in [3.05, 3.63) is 78.2 Å². The van der Waals surface area contributed by atoms with Crippen LogP contribution in [-0.2, 0) is 4.74 Å². The summed E-state index contributed by atoms with van der Waals surface area (Å²) in [5.41, 5.74) is 2.23. The van der Waals surface area contributed by atoms with Crippen LogP contribution in [0.25, 0.3) is 11.5 Å². The smallest absolute Gasteiger partial charge is 0.276 e. The Bertz CT molecular complexity index is 846. The average molecular weight is 334 g/mol. The van der Waals surface area contributed by atoms with Crippen molar-refractivity contribution >= 4 is 5.91 Å². The molecule has 0 unspecified atom stereocenters. The van der Waals surface area contributed by atoms with Crippen molar-refractivity contribution in [3.63, 3.8) is 0 Å². The van der Waals surface area contributed by atoms with Crippen molar-refractivity contribution < 1.29 is 13.9 Å². The Morgan fingerprint density at radius 1 is 1.04 bits per heavy atom. The van der Waals surface area contributed by atoms with Gasteiger partial charge < -0.3 is 14.1 Å². The Morgan fingerprint density at radius 3 is 2.52 bits per heavy atom. The molecule has 0 bridgehead atoms. The topological polar surface area (TPSA) is 55.6 Å². The van der Waals surface area contributed by atoms with Gasteiger partial charge in [-0.1, -0.05) is 48.5 Å². The summed E-state index contributed by atoms with van der Waals surface area (Å²) in [5, 5.41) is 0. The van der Waals surface area contributed by atoms with Crippen LogP contribution in [0.1, 0.15) is 22.1 Å². The van der Waals surface area contributed by atoms with Crippen molar-refractivity contribution in [1.82, 2.24) is 9.88 Å². The lowest BCUT2D eigenvalue weighted by Crippen LogP contribution is -2.43. The third kappa shape index (κ3) is 3.19. The zero-order chi connectivity index (χ0) is 17.1. The van der Waals surface area contributed by atoms with Gasteiger partial charge in [-0.3, -0.25) is 4.79 Å². The average Bonchev–Trinajstić information content (AvgIpc) is 3.19. The van der Waals surface area contributed by atoms with Gasteiger partial charge in [0.25, 0.3) is 5.91 Å². The van der Waals surface area contributed by atoms with Crippen LogP contribution in [-0.4, -0.2) is 35.5 Å². The minimum atomic E-state index is -0.136. The summed E-state index contributed by atoms with van der Waals surface area (Å²) >= 11 is 0. The molecule has 1 aromatic heterocycles. The molecule has 5 nitrogen and oxygen atoms in total. The monoisotopic (exact) mass is 334 g/mol. The van der Waals surface area contributed by atoms with Crippen LogP contribution in [0.5, 0.6) is 0 Å². The number of carbonyl (C=O) groups excluding carboxylic acids is 1. The number of benzene rings is 2. The number of rotatable bonds is 3. The highest BCUT2D eigenvalue weighted by Gasteiger charge is 2.30. The number of morpholine rings is 1. The molecular weight excluding hydrogens is 316 g/mol. The van der Waals surface area contributed by atoms with Crippen molar-refractivity contribution in [2.24, 2.45) is 0 Å². The summed E-state index contributed by atoms with van der Waals surface area (Å²) in [6.07, 6.45) is 1.43. The molecule has 25 heavy (non-hydrogen) atoms. The van der Waals surface area contributed by atoms with Gasteiger partial charge in [0.05, 0.1) is 19.3 Å². The molecule has 4 rings (SSSR count). The molecule has 1 saturated heterocycles. The van der Waals surface area contributed by atoms with Gasteiger partial charge in [0.15, 0.2) is 5.69 Å². The molecule has 0 radical (unpaired) electrons. The van der Waals surface area contributed by atoms with Gasteiger partial charge in [-0.15, -0.1) is 0 Å². The van der Waals surface area contributed by atoms with E-state index in [0.717, 1.165) is 11.1 Å². The van der Waals surface area contributed by atoms with Gasteiger partial charge in [0.2, 0.25) is 5.89 Å².